The Morgan fingerprint density at radius 3 is 1.89 bits per heavy atom. The molecule has 0 aliphatic heterocycles. The van der Waals surface area contributed by atoms with E-state index in [2.05, 4.69) is 78.6 Å². The van der Waals surface area contributed by atoms with Gasteiger partial charge in [-0.25, -0.2) is 0 Å². The number of aryl methyl sites for hydroxylation is 1. The summed E-state index contributed by atoms with van der Waals surface area (Å²) in [5, 5.41) is 5.27. The molecular weight excluding hydrogens is 340 g/mol. The zero-order chi connectivity index (χ0) is 18.9. The van der Waals surface area contributed by atoms with Gasteiger partial charge in [0, 0.05) is 30.1 Å². The van der Waals surface area contributed by atoms with Crippen LogP contribution in [0.1, 0.15) is 16.8 Å². The average molecular weight is 360 g/mol. The molecule has 2 heteroatoms. The quantitative estimate of drug-likeness (QED) is 0.350. The summed E-state index contributed by atoms with van der Waals surface area (Å²) in [4.78, 5) is 9.06. The van der Waals surface area contributed by atoms with Crippen molar-refractivity contribution in [2.75, 3.05) is 0 Å². The topological polar surface area (TPSA) is 25.8 Å². The number of aromatic nitrogens is 2. The lowest BCUT2D eigenvalue weighted by Crippen LogP contribution is -1.98. The number of rotatable bonds is 3. The highest BCUT2D eigenvalue weighted by molar-refractivity contribution is 6.05. The number of hydrogen-bond acceptors (Lipinski definition) is 2. The minimum atomic E-state index is 0.806. The van der Waals surface area contributed by atoms with Crippen molar-refractivity contribution in [3.05, 3.63) is 108 Å². The first-order valence-corrected chi connectivity index (χ1v) is 9.56. The average Bonchev–Trinajstić information content (AvgIpc) is 2.77. The number of pyridine rings is 2. The van der Waals surface area contributed by atoms with Crippen molar-refractivity contribution in [1.82, 2.24) is 9.97 Å². The van der Waals surface area contributed by atoms with Crippen molar-refractivity contribution in [3.63, 3.8) is 0 Å². The van der Waals surface area contributed by atoms with E-state index in [1.54, 1.807) is 0 Å². The van der Waals surface area contributed by atoms with Gasteiger partial charge in [-0.15, -0.1) is 0 Å². The lowest BCUT2D eigenvalue weighted by molar-refractivity contribution is 1.09. The Balaban J connectivity index is 1.69. The van der Waals surface area contributed by atoms with E-state index in [9.17, 15) is 0 Å². The first-order chi connectivity index (χ1) is 13.8. The maximum absolute atomic E-state index is 4.95. The smallest absolute Gasteiger partial charge is 0.0706 e. The summed E-state index contributed by atoms with van der Waals surface area (Å²) in [6, 6.07) is 27.7. The summed E-state index contributed by atoms with van der Waals surface area (Å²) in [5.74, 6) is 0. The number of hydrogen-bond donors (Lipinski definition) is 0. The fourth-order valence-electron chi connectivity index (χ4n) is 4.07. The van der Waals surface area contributed by atoms with Crippen LogP contribution in [0, 0.1) is 6.92 Å². The highest BCUT2D eigenvalue weighted by Crippen LogP contribution is 2.33. The fraction of sp³-hybridized carbons (Fsp3) is 0.0769. The van der Waals surface area contributed by atoms with Crippen LogP contribution in [0.3, 0.4) is 0 Å². The van der Waals surface area contributed by atoms with Crippen molar-refractivity contribution in [3.8, 4) is 11.3 Å². The zero-order valence-electron chi connectivity index (χ0n) is 15.8. The molecule has 134 valence electrons. The maximum atomic E-state index is 4.95. The Kier molecular flexibility index (Phi) is 4.10. The summed E-state index contributed by atoms with van der Waals surface area (Å²) in [5.41, 5.74) is 5.84. The highest BCUT2D eigenvalue weighted by Gasteiger charge is 2.12. The van der Waals surface area contributed by atoms with Crippen LogP contribution in [0.2, 0.25) is 0 Å². The molecule has 0 bridgehead atoms. The van der Waals surface area contributed by atoms with E-state index >= 15 is 0 Å². The third kappa shape index (κ3) is 2.84. The molecule has 0 saturated carbocycles. The molecule has 5 rings (SSSR count). The minimum absolute atomic E-state index is 0.806. The molecule has 0 radical (unpaired) electrons. The van der Waals surface area contributed by atoms with Gasteiger partial charge in [-0.2, -0.15) is 0 Å². The normalized spacial score (nSPS) is 11.2. The summed E-state index contributed by atoms with van der Waals surface area (Å²) >= 11 is 0. The van der Waals surface area contributed by atoms with Crippen LogP contribution in [0.4, 0.5) is 0 Å². The van der Waals surface area contributed by atoms with Gasteiger partial charge in [0.1, 0.15) is 0 Å². The third-order valence-corrected chi connectivity index (χ3v) is 5.45. The SMILES string of the molecule is Cc1c2ccccc2c(Cc2cccc(-c3ccncc3)n2)c2ccccc12. The van der Waals surface area contributed by atoms with Crippen molar-refractivity contribution in [1.29, 1.82) is 0 Å². The summed E-state index contributed by atoms with van der Waals surface area (Å²) < 4.78 is 0. The van der Waals surface area contributed by atoms with Crippen molar-refractivity contribution in [2.45, 2.75) is 13.3 Å². The van der Waals surface area contributed by atoms with Crippen LogP contribution < -0.4 is 0 Å². The second-order valence-electron chi connectivity index (χ2n) is 7.12. The fourth-order valence-corrected chi connectivity index (χ4v) is 4.07. The van der Waals surface area contributed by atoms with Crippen molar-refractivity contribution in [2.24, 2.45) is 0 Å². The van der Waals surface area contributed by atoms with Gasteiger partial charge >= 0.3 is 0 Å². The molecule has 3 aromatic carbocycles. The molecule has 2 heterocycles. The second kappa shape index (κ2) is 6.90. The standard InChI is InChI=1S/C26H20N2/c1-18-21-8-2-4-10-23(21)25(24-11-5-3-9-22(18)24)17-20-7-6-12-26(28-20)19-13-15-27-16-14-19/h2-16H,17H2,1H3. The zero-order valence-corrected chi connectivity index (χ0v) is 15.8. The molecule has 0 N–H and O–H groups in total. The molecule has 0 amide bonds. The summed E-state index contributed by atoms with van der Waals surface area (Å²) in [7, 11) is 0. The Bertz CT molecular complexity index is 1230. The van der Waals surface area contributed by atoms with E-state index in [-0.39, 0.29) is 0 Å². The largest absolute Gasteiger partial charge is 0.265 e. The van der Waals surface area contributed by atoms with E-state index in [1.807, 2.05) is 24.5 Å². The van der Waals surface area contributed by atoms with Gasteiger partial charge in [-0.3, -0.25) is 9.97 Å². The van der Waals surface area contributed by atoms with Crippen molar-refractivity contribution < 1.29 is 0 Å². The molecule has 0 spiro atoms. The van der Waals surface area contributed by atoms with E-state index in [4.69, 9.17) is 4.98 Å². The first-order valence-electron chi connectivity index (χ1n) is 9.56. The van der Waals surface area contributed by atoms with Crippen molar-refractivity contribution >= 4 is 21.5 Å². The lowest BCUT2D eigenvalue weighted by Gasteiger charge is -2.15. The van der Waals surface area contributed by atoms with Gasteiger partial charge in [0.2, 0.25) is 0 Å². The predicted molar refractivity (Wildman–Crippen MR) is 116 cm³/mol. The van der Waals surface area contributed by atoms with Crippen LogP contribution in [0.5, 0.6) is 0 Å². The van der Waals surface area contributed by atoms with Gasteiger partial charge in [-0.05, 0) is 63.9 Å². The van der Waals surface area contributed by atoms with E-state index in [1.165, 1.54) is 32.7 Å². The molecule has 5 aromatic rings. The highest BCUT2D eigenvalue weighted by atomic mass is 14.7. The molecule has 0 atom stereocenters. The molecule has 0 unspecified atom stereocenters. The monoisotopic (exact) mass is 360 g/mol. The summed E-state index contributed by atoms with van der Waals surface area (Å²) in [6.45, 7) is 2.22. The molecule has 2 aromatic heterocycles. The van der Waals surface area contributed by atoms with Crippen LogP contribution in [-0.2, 0) is 6.42 Å². The lowest BCUT2D eigenvalue weighted by atomic mass is 9.90. The molecule has 2 nitrogen and oxygen atoms in total. The molecule has 0 aliphatic carbocycles. The number of fused-ring (bicyclic) bond motifs is 2. The Hall–Kier alpha value is -3.52. The molecular formula is C26H20N2. The molecule has 28 heavy (non-hydrogen) atoms. The van der Waals surface area contributed by atoms with Gasteiger partial charge in [0.05, 0.1) is 5.69 Å². The van der Waals surface area contributed by atoms with E-state index in [0.29, 0.717) is 0 Å². The van der Waals surface area contributed by atoms with E-state index in [0.717, 1.165) is 23.4 Å². The van der Waals surface area contributed by atoms with Gasteiger partial charge < -0.3 is 0 Å². The third-order valence-electron chi connectivity index (χ3n) is 5.45. The Morgan fingerprint density at radius 2 is 1.25 bits per heavy atom. The van der Waals surface area contributed by atoms with Gasteiger partial charge in [-0.1, -0.05) is 54.6 Å². The molecule has 0 fully saturated rings. The van der Waals surface area contributed by atoms with E-state index < -0.39 is 0 Å². The van der Waals surface area contributed by atoms with Crippen LogP contribution in [0.25, 0.3) is 32.8 Å². The summed E-state index contributed by atoms with van der Waals surface area (Å²) in [6.07, 6.45) is 4.43. The van der Waals surface area contributed by atoms with Gasteiger partial charge in [0.15, 0.2) is 0 Å². The number of nitrogens with zero attached hydrogens (tertiary/aromatic N) is 2. The maximum Gasteiger partial charge on any atom is 0.0706 e. The molecule has 0 aliphatic rings. The first kappa shape index (κ1) is 16.6. The van der Waals surface area contributed by atoms with Crippen LogP contribution in [0.15, 0.2) is 91.3 Å². The minimum Gasteiger partial charge on any atom is -0.265 e. The van der Waals surface area contributed by atoms with Crippen LogP contribution in [-0.4, -0.2) is 9.97 Å². The Morgan fingerprint density at radius 1 is 0.643 bits per heavy atom. The predicted octanol–water partition coefficient (Wildman–Crippen LogP) is 6.35. The Labute approximate surface area is 164 Å². The second-order valence-corrected chi connectivity index (χ2v) is 7.12. The number of benzene rings is 3. The van der Waals surface area contributed by atoms with Crippen LogP contribution >= 0.6 is 0 Å². The van der Waals surface area contributed by atoms with Gasteiger partial charge in [0.25, 0.3) is 0 Å². The molecule has 0 saturated heterocycles.